The summed E-state index contributed by atoms with van der Waals surface area (Å²) in [4.78, 5) is 4.91. The highest BCUT2D eigenvalue weighted by molar-refractivity contribution is 7.09. The third kappa shape index (κ3) is 2.55. The van der Waals surface area contributed by atoms with Crippen LogP contribution >= 0.6 is 11.3 Å². The maximum atomic E-state index is 4.91. The lowest BCUT2D eigenvalue weighted by atomic mass is 9.93. The van der Waals surface area contributed by atoms with Crippen molar-refractivity contribution in [2.75, 3.05) is 6.54 Å². The molecule has 1 aliphatic rings. The van der Waals surface area contributed by atoms with Crippen molar-refractivity contribution in [2.45, 2.75) is 64.3 Å². The second kappa shape index (κ2) is 4.69. The molecule has 0 saturated heterocycles. The van der Waals surface area contributed by atoms with Crippen LogP contribution in [0.3, 0.4) is 0 Å². The van der Waals surface area contributed by atoms with Gasteiger partial charge in [0.2, 0.25) is 0 Å². The lowest BCUT2D eigenvalue weighted by molar-refractivity contribution is 0.347. The zero-order chi connectivity index (χ0) is 12.5. The SMILES string of the molecule is CCNC1(c2nc(C(C)(C)C)cs2)CCCC1. The molecular weight excluding hydrogens is 228 g/mol. The molecule has 1 aliphatic carbocycles. The Morgan fingerprint density at radius 3 is 2.47 bits per heavy atom. The van der Waals surface area contributed by atoms with Crippen molar-refractivity contribution in [3.8, 4) is 0 Å². The van der Waals surface area contributed by atoms with Gasteiger partial charge in [-0.3, -0.25) is 0 Å². The van der Waals surface area contributed by atoms with Gasteiger partial charge in [-0.1, -0.05) is 40.5 Å². The van der Waals surface area contributed by atoms with Crippen molar-refractivity contribution in [3.63, 3.8) is 0 Å². The van der Waals surface area contributed by atoms with Gasteiger partial charge >= 0.3 is 0 Å². The molecule has 2 nitrogen and oxygen atoms in total. The first-order chi connectivity index (χ1) is 7.98. The quantitative estimate of drug-likeness (QED) is 0.884. The van der Waals surface area contributed by atoms with Crippen LogP contribution in [0.5, 0.6) is 0 Å². The summed E-state index contributed by atoms with van der Waals surface area (Å²) in [7, 11) is 0. The Morgan fingerprint density at radius 1 is 1.35 bits per heavy atom. The normalized spacial score (nSPS) is 19.8. The maximum absolute atomic E-state index is 4.91. The smallest absolute Gasteiger partial charge is 0.113 e. The third-order valence-corrected chi connectivity index (χ3v) is 4.70. The van der Waals surface area contributed by atoms with Gasteiger partial charge in [-0.15, -0.1) is 11.3 Å². The fraction of sp³-hybridized carbons (Fsp3) is 0.786. The number of rotatable bonds is 3. The highest BCUT2D eigenvalue weighted by atomic mass is 32.1. The van der Waals surface area contributed by atoms with Crippen LogP contribution < -0.4 is 5.32 Å². The van der Waals surface area contributed by atoms with E-state index in [1.807, 2.05) is 11.3 Å². The highest BCUT2D eigenvalue weighted by Gasteiger charge is 2.37. The zero-order valence-corrected chi connectivity index (χ0v) is 12.3. The van der Waals surface area contributed by atoms with Gasteiger partial charge in [0.05, 0.1) is 11.2 Å². The topological polar surface area (TPSA) is 24.9 Å². The van der Waals surface area contributed by atoms with Crippen molar-refractivity contribution in [1.82, 2.24) is 10.3 Å². The Kier molecular flexibility index (Phi) is 3.60. The summed E-state index contributed by atoms with van der Waals surface area (Å²) in [5.41, 5.74) is 1.59. The standard InChI is InChI=1S/C14H24N2S/c1-5-15-14(8-6-7-9-14)12-16-11(10-17-12)13(2,3)4/h10,15H,5-9H2,1-4H3. The number of thiazole rings is 1. The second-order valence-corrected chi connectivity index (χ2v) is 6.97. The summed E-state index contributed by atoms with van der Waals surface area (Å²) < 4.78 is 0. The molecule has 0 aliphatic heterocycles. The van der Waals surface area contributed by atoms with Gasteiger partial charge in [0.1, 0.15) is 5.01 Å². The molecule has 1 N–H and O–H groups in total. The molecule has 96 valence electrons. The van der Waals surface area contributed by atoms with Gasteiger partial charge in [-0.25, -0.2) is 4.98 Å². The van der Waals surface area contributed by atoms with Crippen molar-refractivity contribution in [3.05, 3.63) is 16.1 Å². The van der Waals surface area contributed by atoms with E-state index in [-0.39, 0.29) is 11.0 Å². The number of aromatic nitrogens is 1. The van der Waals surface area contributed by atoms with Crippen LogP contribution in [-0.4, -0.2) is 11.5 Å². The predicted octanol–water partition coefficient (Wildman–Crippen LogP) is 3.82. The molecule has 0 unspecified atom stereocenters. The summed E-state index contributed by atoms with van der Waals surface area (Å²) in [6, 6.07) is 0. The Bertz CT molecular complexity index is 370. The molecule has 0 radical (unpaired) electrons. The average molecular weight is 252 g/mol. The molecule has 2 rings (SSSR count). The van der Waals surface area contributed by atoms with Crippen LogP contribution in [0.4, 0.5) is 0 Å². The maximum Gasteiger partial charge on any atom is 0.113 e. The minimum absolute atomic E-state index is 0.167. The number of nitrogens with zero attached hydrogens (tertiary/aromatic N) is 1. The Balaban J connectivity index is 2.28. The Labute approximate surface area is 109 Å². The Morgan fingerprint density at radius 2 is 2.00 bits per heavy atom. The average Bonchev–Trinajstić information content (AvgIpc) is 2.84. The van der Waals surface area contributed by atoms with E-state index >= 15 is 0 Å². The molecule has 1 saturated carbocycles. The number of hydrogen-bond acceptors (Lipinski definition) is 3. The molecule has 0 spiro atoms. The molecule has 17 heavy (non-hydrogen) atoms. The lowest BCUT2D eigenvalue weighted by Crippen LogP contribution is -2.39. The van der Waals surface area contributed by atoms with Crippen molar-refractivity contribution in [1.29, 1.82) is 0 Å². The molecule has 0 atom stereocenters. The van der Waals surface area contributed by atoms with Gasteiger partial charge in [-0.2, -0.15) is 0 Å². The number of hydrogen-bond donors (Lipinski definition) is 1. The van der Waals surface area contributed by atoms with Crippen molar-refractivity contribution >= 4 is 11.3 Å². The zero-order valence-electron chi connectivity index (χ0n) is 11.5. The fourth-order valence-corrected chi connectivity index (χ4v) is 3.90. The van der Waals surface area contributed by atoms with E-state index in [4.69, 9.17) is 4.98 Å². The predicted molar refractivity (Wildman–Crippen MR) is 74.6 cm³/mol. The summed E-state index contributed by atoms with van der Waals surface area (Å²) in [6.07, 6.45) is 5.16. The van der Waals surface area contributed by atoms with E-state index in [1.165, 1.54) is 36.4 Å². The molecular formula is C14H24N2S. The van der Waals surface area contributed by atoms with Crippen LogP contribution in [0.2, 0.25) is 0 Å². The minimum atomic E-state index is 0.167. The van der Waals surface area contributed by atoms with Crippen LogP contribution in [0.1, 0.15) is 64.1 Å². The van der Waals surface area contributed by atoms with E-state index in [0.717, 1.165) is 6.54 Å². The van der Waals surface area contributed by atoms with E-state index < -0.39 is 0 Å². The largest absolute Gasteiger partial charge is 0.306 e. The van der Waals surface area contributed by atoms with Gasteiger partial charge in [0, 0.05) is 10.8 Å². The summed E-state index contributed by atoms with van der Waals surface area (Å²) in [5, 5.41) is 7.24. The van der Waals surface area contributed by atoms with Crippen LogP contribution in [0, 0.1) is 0 Å². The highest BCUT2D eigenvalue weighted by Crippen LogP contribution is 2.41. The van der Waals surface area contributed by atoms with E-state index in [0.29, 0.717) is 0 Å². The molecule has 1 heterocycles. The summed E-state index contributed by atoms with van der Waals surface area (Å²) >= 11 is 1.84. The monoisotopic (exact) mass is 252 g/mol. The third-order valence-electron chi connectivity index (χ3n) is 3.65. The van der Waals surface area contributed by atoms with Gasteiger partial charge in [-0.05, 0) is 19.4 Å². The summed E-state index contributed by atoms with van der Waals surface area (Å²) in [6.45, 7) is 9.93. The first-order valence-electron chi connectivity index (χ1n) is 6.69. The minimum Gasteiger partial charge on any atom is -0.306 e. The molecule has 1 fully saturated rings. The molecule has 3 heteroatoms. The first kappa shape index (κ1) is 13.0. The van der Waals surface area contributed by atoms with Gasteiger partial charge in [0.25, 0.3) is 0 Å². The van der Waals surface area contributed by atoms with E-state index in [1.54, 1.807) is 0 Å². The van der Waals surface area contributed by atoms with Gasteiger partial charge in [0.15, 0.2) is 0 Å². The van der Waals surface area contributed by atoms with Crippen LogP contribution in [-0.2, 0) is 11.0 Å². The van der Waals surface area contributed by atoms with Crippen LogP contribution in [0.15, 0.2) is 5.38 Å². The fourth-order valence-electron chi connectivity index (χ4n) is 2.62. The Hall–Kier alpha value is -0.410. The molecule has 1 aromatic rings. The van der Waals surface area contributed by atoms with E-state index in [9.17, 15) is 0 Å². The van der Waals surface area contributed by atoms with E-state index in [2.05, 4.69) is 38.4 Å². The lowest BCUT2D eigenvalue weighted by Gasteiger charge is -2.27. The van der Waals surface area contributed by atoms with Crippen LogP contribution in [0.25, 0.3) is 0 Å². The molecule has 0 amide bonds. The number of nitrogens with one attached hydrogen (secondary N) is 1. The van der Waals surface area contributed by atoms with Crippen molar-refractivity contribution in [2.24, 2.45) is 0 Å². The molecule has 0 aromatic carbocycles. The van der Waals surface area contributed by atoms with Crippen molar-refractivity contribution < 1.29 is 0 Å². The summed E-state index contributed by atoms with van der Waals surface area (Å²) in [5.74, 6) is 0. The first-order valence-corrected chi connectivity index (χ1v) is 7.57. The van der Waals surface area contributed by atoms with Gasteiger partial charge < -0.3 is 5.32 Å². The molecule has 1 aromatic heterocycles. The molecule has 0 bridgehead atoms. The second-order valence-electron chi connectivity index (χ2n) is 6.11.